The minimum absolute atomic E-state index is 0.881. The van der Waals surface area contributed by atoms with E-state index in [2.05, 4.69) is 42.3 Å². The van der Waals surface area contributed by atoms with Crippen LogP contribution in [0.3, 0.4) is 0 Å². The molecule has 0 spiro atoms. The highest BCUT2D eigenvalue weighted by molar-refractivity contribution is 5.77. The lowest BCUT2D eigenvalue weighted by Crippen LogP contribution is -2.21. The molecule has 3 nitrogen and oxygen atoms in total. The Balaban J connectivity index is 1.96. The van der Waals surface area contributed by atoms with Crippen molar-refractivity contribution in [2.75, 3.05) is 23.3 Å². The van der Waals surface area contributed by atoms with Gasteiger partial charge in [-0.25, -0.2) is 0 Å². The second kappa shape index (κ2) is 4.84. The first-order valence-corrected chi connectivity index (χ1v) is 6.74. The first kappa shape index (κ1) is 11.9. The number of para-hydroxylation sites is 2. The topological polar surface area (TPSA) is 24.5 Å². The summed E-state index contributed by atoms with van der Waals surface area (Å²) in [7, 11) is 0. The molecule has 0 aliphatic carbocycles. The minimum Gasteiger partial charge on any atom is -0.453 e. The molecule has 1 aliphatic heterocycles. The van der Waals surface area contributed by atoms with Crippen molar-refractivity contribution in [2.45, 2.75) is 13.8 Å². The number of anilines is 3. The van der Waals surface area contributed by atoms with Gasteiger partial charge in [-0.05, 0) is 38.1 Å². The number of nitrogens with zero attached hydrogens (tertiary/aromatic N) is 1. The first-order valence-electron chi connectivity index (χ1n) is 6.74. The molecule has 0 unspecified atom stereocenters. The number of ether oxygens (including phenoxy) is 1. The molecule has 0 bridgehead atoms. The highest BCUT2D eigenvalue weighted by Crippen LogP contribution is 2.43. The molecule has 2 aromatic rings. The van der Waals surface area contributed by atoms with Gasteiger partial charge >= 0.3 is 0 Å². The fourth-order valence-corrected chi connectivity index (χ4v) is 2.41. The van der Waals surface area contributed by atoms with Crippen LogP contribution in [-0.2, 0) is 0 Å². The van der Waals surface area contributed by atoms with E-state index >= 15 is 0 Å². The Hall–Kier alpha value is -2.16. The number of benzene rings is 2. The summed E-state index contributed by atoms with van der Waals surface area (Å²) in [6.07, 6.45) is 0. The van der Waals surface area contributed by atoms with E-state index in [1.54, 1.807) is 0 Å². The molecule has 0 saturated carbocycles. The Morgan fingerprint density at radius 2 is 1.68 bits per heavy atom. The van der Waals surface area contributed by atoms with Crippen molar-refractivity contribution < 1.29 is 4.74 Å². The van der Waals surface area contributed by atoms with Crippen molar-refractivity contribution in [3.63, 3.8) is 0 Å². The van der Waals surface area contributed by atoms with E-state index in [-0.39, 0.29) is 0 Å². The predicted octanol–water partition coefficient (Wildman–Crippen LogP) is 4.38. The van der Waals surface area contributed by atoms with Crippen molar-refractivity contribution >= 4 is 17.1 Å². The van der Waals surface area contributed by atoms with E-state index in [9.17, 15) is 0 Å². The van der Waals surface area contributed by atoms with Crippen LogP contribution in [0.5, 0.6) is 11.5 Å². The van der Waals surface area contributed by atoms with E-state index in [1.165, 1.54) is 5.69 Å². The summed E-state index contributed by atoms with van der Waals surface area (Å²) in [5, 5.41) is 3.40. The fourth-order valence-electron chi connectivity index (χ4n) is 2.41. The summed E-state index contributed by atoms with van der Waals surface area (Å²) in [6.45, 7) is 6.33. The maximum atomic E-state index is 5.97. The second-order valence-corrected chi connectivity index (χ2v) is 4.58. The lowest BCUT2D eigenvalue weighted by molar-refractivity contribution is 0.481. The van der Waals surface area contributed by atoms with Gasteiger partial charge in [-0.15, -0.1) is 0 Å². The standard InChI is InChI=1S/C16H18N2O/c1-3-18(4-2)12-9-10-14-16(11-12)19-15-8-6-5-7-13(15)17-14/h5-11,17H,3-4H2,1-2H3. The Bertz CT molecular complexity index is 591. The van der Waals surface area contributed by atoms with E-state index in [0.717, 1.165) is 36.0 Å². The van der Waals surface area contributed by atoms with Crippen molar-refractivity contribution in [2.24, 2.45) is 0 Å². The van der Waals surface area contributed by atoms with Crippen LogP contribution in [0.1, 0.15) is 13.8 Å². The molecule has 0 atom stereocenters. The summed E-state index contributed by atoms with van der Waals surface area (Å²) in [5.74, 6) is 1.77. The van der Waals surface area contributed by atoms with Crippen molar-refractivity contribution in [1.82, 2.24) is 0 Å². The highest BCUT2D eigenvalue weighted by Gasteiger charge is 2.16. The third-order valence-corrected chi connectivity index (χ3v) is 3.47. The van der Waals surface area contributed by atoms with E-state index in [0.29, 0.717) is 0 Å². The Morgan fingerprint density at radius 3 is 2.47 bits per heavy atom. The lowest BCUT2D eigenvalue weighted by atomic mass is 10.2. The largest absolute Gasteiger partial charge is 0.453 e. The fraction of sp³-hybridized carbons (Fsp3) is 0.250. The van der Waals surface area contributed by atoms with Crippen LogP contribution in [0.25, 0.3) is 0 Å². The zero-order valence-corrected chi connectivity index (χ0v) is 11.3. The van der Waals surface area contributed by atoms with Gasteiger partial charge in [0.2, 0.25) is 0 Å². The van der Waals surface area contributed by atoms with Gasteiger partial charge in [0.1, 0.15) is 0 Å². The smallest absolute Gasteiger partial charge is 0.153 e. The molecule has 0 fully saturated rings. The van der Waals surface area contributed by atoms with Gasteiger partial charge < -0.3 is 15.0 Å². The normalized spacial score (nSPS) is 11.9. The first-order chi connectivity index (χ1) is 9.31. The van der Waals surface area contributed by atoms with Crippen molar-refractivity contribution in [1.29, 1.82) is 0 Å². The summed E-state index contributed by atoms with van der Waals surface area (Å²) >= 11 is 0. The summed E-state index contributed by atoms with van der Waals surface area (Å²) in [4.78, 5) is 2.31. The molecule has 0 aromatic heterocycles. The molecular weight excluding hydrogens is 236 g/mol. The van der Waals surface area contributed by atoms with Crippen LogP contribution in [0.4, 0.5) is 17.1 Å². The zero-order chi connectivity index (χ0) is 13.2. The average Bonchev–Trinajstić information content (AvgIpc) is 2.46. The molecule has 1 heterocycles. The van der Waals surface area contributed by atoms with Gasteiger partial charge in [0.25, 0.3) is 0 Å². The van der Waals surface area contributed by atoms with Crippen LogP contribution in [0, 0.1) is 0 Å². The van der Waals surface area contributed by atoms with Crippen LogP contribution >= 0.6 is 0 Å². The van der Waals surface area contributed by atoms with Gasteiger partial charge in [-0.1, -0.05) is 12.1 Å². The molecule has 2 aromatic carbocycles. The van der Waals surface area contributed by atoms with Crippen LogP contribution in [-0.4, -0.2) is 13.1 Å². The van der Waals surface area contributed by atoms with Gasteiger partial charge in [0.15, 0.2) is 11.5 Å². The average molecular weight is 254 g/mol. The van der Waals surface area contributed by atoms with E-state index < -0.39 is 0 Å². The van der Waals surface area contributed by atoms with Gasteiger partial charge in [-0.3, -0.25) is 0 Å². The Morgan fingerprint density at radius 1 is 0.947 bits per heavy atom. The molecule has 3 heteroatoms. The Labute approximate surface area is 113 Å². The van der Waals surface area contributed by atoms with Crippen LogP contribution in [0.2, 0.25) is 0 Å². The van der Waals surface area contributed by atoms with Gasteiger partial charge in [0.05, 0.1) is 11.4 Å². The lowest BCUT2D eigenvalue weighted by Gasteiger charge is -2.25. The number of fused-ring (bicyclic) bond motifs is 2. The third-order valence-electron chi connectivity index (χ3n) is 3.47. The van der Waals surface area contributed by atoms with Crippen molar-refractivity contribution in [3.8, 4) is 11.5 Å². The number of hydrogen-bond donors (Lipinski definition) is 1. The molecule has 0 amide bonds. The molecule has 19 heavy (non-hydrogen) atoms. The quantitative estimate of drug-likeness (QED) is 0.750. The Kier molecular flexibility index (Phi) is 3.03. The number of rotatable bonds is 3. The monoisotopic (exact) mass is 254 g/mol. The predicted molar refractivity (Wildman–Crippen MR) is 79.8 cm³/mol. The molecular formula is C16H18N2O. The summed E-state index contributed by atoms with van der Waals surface area (Å²) in [5.41, 5.74) is 3.24. The molecule has 0 radical (unpaired) electrons. The molecule has 3 rings (SSSR count). The number of hydrogen-bond acceptors (Lipinski definition) is 3. The SMILES string of the molecule is CCN(CC)c1ccc2c(c1)Oc1ccccc1N2. The van der Waals surface area contributed by atoms with Crippen LogP contribution in [0.15, 0.2) is 42.5 Å². The van der Waals surface area contributed by atoms with Crippen molar-refractivity contribution in [3.05, 3.63) is 42.5 Å². The molecule has 0 saturated heterocycles. The molecule has 1 aliphatic rings. The third kappa shape index (κ3) is 2.12. The summed E-state index contributed by atoms with van der Waals surface area (Å²) in [6, 6.07) is 14.3. The molecule has 98 valence electrons. The highest BCUT2D eigenvalue weighted by atomic mass is 16.5. The van der Waals surface area contributed by atoms with Gasteiger partial charge in [-0.2, -0.15) is 0 Å². The molecule has 1 N–H and O–H groups in total. The zero-order valence-electron chi connectivity index (χ0n) is 11.3. The maximum Gasteiger partial charge on any atom is 0.153 e. The van der Waals surface area contributed by atoms with E-state index in [4.69, 9.17) is 4.74 Å². The minimum atomic E-state index is 0.881. The van der Waals surface area contributed by atoms with Crippen LogP contribution < -0.4 is 15.0 Å². The maximum absolute atomic E-state index is 5.97. The second-order valence-electron chi connectivity index (χ2n) is 4.58. The summed E-state index contributed by atoms with van der Waals surface area (Å²) < 4.78 is 5.97. The van der Waals surface area contributed by atoms with E-state index in [1.807, 2.05) is 24.3 Å². The number of nitrogens with one attached hydrogen (secondary N) is 1. The van der Waals surface area contributed by atoms with Gasteiger partial charge in [0, 0.05) is 24.8 Å².